The van der Waals surface area contributed by atoms with Gasteiger partial charge in [-0.1, -0.05) is 11.8 Å². The fraction of sp³-hybridized carbons (Fsp3) is 0.318. The van der Waals surface area contributed by atoms with Gasteiger partial charge in [0, 0.05) is 38.1 Å². The zero-order valence-corrected chi connectivity index (χ0v) is 18.5. The van der Waals surface area contributed by atoms with Crippen LogP contribution in [0.2, 0.25) is 0 Å². The van der Waals surface area contributed by atoms with E-state index in [0.717, 1.165) is 12.3 Å². The van der Waals surface area contributed by atoms with Gasteiger partial charge >= 0.3 is 6.18 Å². The Morgan fingerprint density at radius 3 is 2.36 bits per heavy atom. The summed E-state index contributed by atoms with van der Waals surface area (Å²) in [6, 6.07) is 8.21. The normalized spacial score (nSPS) is 14.9. The van der Waals surface area contributed by atoms with Gasteiger partial charge in [-0.3, -0.25) is 9.36 Å². The van der Waals surface area contributed by atoms with E-state index in [1.54, 1.807) is 21.6 Å². The van der Waals surface area contributed by atoms with E-state index in [1.165, 1.54) is 36.2 Å². The highest BCUT2D eigenvalue weighted by Gasteiger charge is 2.31. The lowest BCUT2D eigenvalue weighted by Gasteiger charge is -2.23. The van der Waals surface area contributed by atoms with Gasteiger partial charge in [0.05, 0.1) is 11.8 Å². The molecule has 0 aliphatic carbocycles. The van der Waals surface area contributed by atoms with Crippen molar-refractivity contribution < 1.29 is 22.4 Å². The largest absolute Gasteiger partial charge is 0.417 e. The van der Waals surface area contributed by atoms with Crippen LogP contribution in [-0.4, -0.2) is 57.8 Å². The molecule has 11 heteroatoms. The van der Waals surface area contributed by atoms with E-state index in [-0.39, 0.29) is 11.7 Å². The molecule has 1 amide bonds. The van der Waals surface area contributed by atoms with Crippen LogP contribution < -0.4 is 4.90 Å². The maximum Gasteiger partial charge on any atom is 0.417 e. The van der Waals surface area contributed by atoms with Crippen molar-refractivity contribution >= 4 is 23.5 Å². The molecule has 0 spiro atoms. The number of anilines is 1. The Morgan fingerprint density at radius 1 is 0.970 bits per heavy atom. The summed E-state index contributed by atoms with van der Waals surface area (Å²) in [7, 11) is 0. The van der Waals surface area contributed by atoms with E-state index in [4.69, 9.17) is 0 Å². The van der Waals surface area contributed by atoms with Gasteiger partial charge in [0.2, 0.25) is 0 Å². The molecule has 0 atom stereocenters. The number of halogens is 4. The average Bonchev–Trinajstić information content (AvgIpc) is 3.07. The summed E-state index contributed by atoms with van der Waals surface area (Å²) in [6.45, 7) is 1.86. The van der Waals surface area contributed by atoms with E-state index in [0.29, 0.717) is 55.0 Å². The van der Waals surface area contributed by atoms with Crippen LogP contribution in [0.1, 0.15) is 22.5 Å². The summed E-state index contributed by atoms with van der Waals surface area (Å²) in [5.41, 5.74) is 0.204. The minimum Gasteiger partial charge on any atom is -0.355 e. The van der Waals surface area contributed by atoms with E-state index in [9.17, 15) is 22.4 Å². The molecule has 1 aliphatic rings. The van der Waals surface area contributed by atoms with Crippen LogP contribution in [0.25, 0.3) is 5.69 Å². The van der Waals surface area contributed by atoms with Crippen LogP contribution in [0.15, 0.2) is 53.9 Å². The second-order valence-electron chi connectivity index (χ2n) is 7.48. The molecule has 1 fully saturated rings. The second kappa shape index (κ2) is 9.42. The number of nitrogens with zero attached hydrogens (tertiary/aromatic N) is 5. The quantitative estimate of drug-likeness (QED) is 0.408. The van der Waals surface area contributed by atoms with Crippen LogP contribution >= 0.6 is 11.8 Å². The molecule has 0 saturated carbocycles. The number of carbonyl (C=O) groups excluding carboxylic acids is 1. The maximum absolute atomic E-state index is 13.4. The zero-order valence-electron chi connectivity index (χ0n) is 17.7. The SMILES string of the molecule is CSc1ncc(C(=O)N2CCCN(c3ccc(C(F)(F)F)cn3)CC2)n1-c1ccc(F)cc1. The number of aromatic nitrogens is 3. The molecular weight excluding hydrogens is 458 g/mol. The first kappa shape index (κ1) is 23.1. The standard InChI is InChI=1S/C22H21F4N5OS/c1-33-21-28-14-18(31(21)17-6-4-16(23)5-7-17)20(32)30-10-2-9-29(11-12-30)19-8-3-15(13-27-19)22(24,25)26/h3-8,13-14H,2,9-12H2,1H3. The van der Waals surface area contributed by atoms with E-state index < -0.39 is 11.7 Å². The van der Waals surface area contributed by atoms with Crippen molar-refractivity contribution in [1.29, 1.82) is 0 Å². The number of alkyl halides is 3. The molecule has 2 aromatic heterocycles. The van der Waals surface area contributed by atoms with Gasteiger partial charge in [-0.05, 0) is 49.1 Å². The molecule has 0 N–H and O–H groups in total. The van der Waals surface area contributed by atoms with Crippen molar-refractivity contribution in [2.24, 2.45) is 0 Å². The molecule has 1 aliphatic heterocycles. The Morgan fingerprint density at radius 2 is 1.73 bits per heavy atom. The molecule has 3 aromatic rings. The van der Waals surface area contributed by atoms with Gasteiger partial charge in [0.25, 0.3) is 5.91 Å². The number of thioether (sulfide) groups is 1. The number of hydrogen-bond acceptors (Lipinski definition) is 5. The fourth-order valence-corrected chi connectivity index (χ4v) is 4.27. The van der Waals surface area contributed by atoms with Crippen molar-refractivity contribution in [3.8, 4) is 5.69 Å². The minimum absolute atomic E-state index is 0.214. The van der Waals surface area contributed by atoms with E-state index >= 15 is 0 Å². The van der Waals surface area contributed by atoms with Crippen molar-refractivity contribution in [2.75, 3.05) is 37.3 Å². The predicted octanol–water partition coefficient (Wildman–Crippen LogP) is 4.50. The third-order valence-corrected chi connectivity index (χ3v) is 6.05. The Bertz CT molecular complexity index is 1120. The third-order valence-electron chi connectivity index (χ3n) is 5.40. The topological polar surface area (TPSA) is 54.3 Å². The van der Waals surface area contributed by atoms with Gasteiger partial charge in [-0.15, -0.1) is 0 Å². The van der Waals surface area contributed by atoms with Crippen molar-refractivity contribution in [2.45, 2.75) is 17.8 Å². The first-order valence-electron chi connectivity index (χ1n) is 10.2. The number of rotatable bonds is 4. The summed E-state index contributed by atoms with van der Waals surface area (Å²) < 4.78 is 53.5. The molecule has 6 nitrogen and oxygen atoms in total. The highest BCUT2D eigenvalue weighted by Crippen LogP contribution is 2.29. The number of amides is 1. The molecule has 1 aromatic carbocycles. The van der Waals surface area contributed by atoms with E-state index in [1.807, 2.05) is 11.2 Å². The van der Waals surface area contributed by atoms with Gasteiger partial charge in [0.1, 0.15) is 17.3 Å². The first-order chi connectivity index (χ1) is 15.8. The molecule has 0 bridgehead atoms. The van der Waals surface area contributed by atoms with Crippen LogP contribution in [0.3, 0.4) is 0 Å². The summed E-state index contributed by atoms with van der Waals surface area (Å²) >= 11 is 1.37. The molecule has 4 rings (SSSR count). The smallest absolute Gasteiger partial charge is 0.355 e. The van der Waals surface area contributed by atoms with Crippen LogP contribution in [0, 0.1) is 5.82 Å². The molecule has 3 heterocycles. The van der Waals surface area contributed by atoms with Gasteiger partial charge in [0.15, 0.2) is 5.16 Å². The molecule has 1 saturated heterocycles. The van der Waals surface area contributed by atoms with Crippen LogP contribution in [-0.2, 0) is 6.18 Å². The summed E-state index contributed by atoms with van der Waals surface area (Å²) in [6.07, 6.45) is 0.384. The van der Waals surface area contributed by atoms with Gasteiger partial charge < -0.3 is 9.80 Å². The summed E-state index contributed by atoms with van der Waals surface area (Å²) in [5.74, 6) is -0.144. The Hall–Kier alpha value is -3.08. The number of pyridine rings is 1. The molecule has 33 heavy (non-hydrogen) atoms. The van der Waals surface area contributed by atoms with Crippen LogP contribution in [0.4, 0.5) is 23.4 Å². The third kappa shape index (κ3) is 4.97. The first-order valence-corrected chi connectivity index (χ1v) is 11.5. The number of benzene rings is 1. The number of hydrogen-bond donors (Lipinski definition) is 0. The monoisotopic (exact) mass is 479 g/mol. The molecule has 174 valence electrons. The average molecular weight is 480 g/mol. The molecular formula is C22H21F4N5OS. The lowest BCUT2D eigenvalue weighted by atomic mass is 10.2. The molecule has 0 unspecified atom stereocenters. The van der Waals surface area contributed by atoms with Crippen molar-refractivity contribution in [1.82, 2.24) is 19.4 Å². The van der Waals surface area contributed by atoms with Crippen molar-refractivity contribution in [3.05, 3.63) is 65.9 Å². The Labute approximate surface area is 192 Å². The Kier molecular flexibility index (Phi) is 6.59. The number of carbonyl (C=O) groups is 1. The fourth-order valence-electron chi connectivity index (χ4n) is 3.72. The van der Waals surface area contributed by atoms with E-state index in [2.05, 4.69) is 9.97 Å². The van der Waals surface area contributed by atoms with Gasteiger partial charge in [-0.2, -0.15) is 13.2 Å². The lowest BCUT2D eigenvalue weighted by molar-refractivity contribution is -0.137. The summed E-state index contributed by atoms with van der Waals surface area (Å²) in [5, 5.41) is 0.607. The maximum atomic E-state index is 13.4. The number of imidazole rings is 1. The van der Waals surface area contributed by atoms with Crippen molar-refractivity contribution in [3.63, 3.8) is 0 Å². The highest BCUT2D eigenvalue weighted by molar-refractivity contribution is 7.98. The molecule has 0 radical (unpaired) electrons. The van der Waals surface area contributed by atoms with Crippen LogP contribution in [0.5, 0.6) is 0 Å². The lowest BCUT2D eigenvalue weighted by Crippen LogP contribution is -2.36. The van der Waals surface area contributed by atoms with Gasteiger partial charge in [-0.25, -0.2) is 14.4 Å². The zero-order chi connectivity index (χ0) is 23.6. The Balaban J connectivity index is 1.52. The highest BCUT2D eigenvalue weighted by atomic mass is 32.2. The summed E-state index contributed by atoms with van der Waals surface area (Å²) in [4.78, 5) is 25.2. The second-order valence-corrected chi connectivity index (χ2v) is 8.25. The minimum atomic E-state index is -4.43. The predicted molar refractivity (Wildman–Crippen MR) is 117 cm³/mol.